The molecule has 3 aromatic rings. The van der Waals surface area contributed by atoms with E-state index in [4.69, 9.17) is 4.74 Å². The highest BCUT2D eigenvalue weighted by Crippen LogP contribution is 2.47. The number of aliphatic hydroxyl groups excluding tert-OH is 1. The summed E-state index contributed by atoms with van der Waals surface area (Å²) >= 11 is 0. The third-order valence-electron chi connectivity index (χ3n) is 7.51. The van der Waals surface area contributed by atoms with Gasteiger partial charge in [0.05, 0.1) is 11.6 Å². The largest absolute Gasteiger partial charge is 0.484 e. The van der Waals surface area contributed by atoms with Gasteiger partial charge in [-0.15, -0.1) is 0 Å². The maximum Gasteiger partial charge on any atom is 0.271 e. The van der Waals surface area contributed by atoms with Gasteiger partial charge in [-0.2, -0.15) is 0 Å². The first-order valence-electron chi connectivity index (χ1n) is 11.8. The number of halogens is 1. The summed E-state index contributed by atoms with van der Waals surface area (Å²) < 4.78 is 21.0. The van der Waals surface area contributed by atoms with Crippen LogP contribution in [-0.4, -0.2) is 50.1 Å². The molecular formula is C26H29FN4O4. The fourth-order valence-electron chi connectivity index (χ4n) is 5.36. The van der Waals surface area contributed by atoms with Crippen molar-refractivity contribution in [3.63, 3.8) is 0 Å². The maximum absolute atomic E-state index is 13.7. The molecule has 9 heteroatoms. The molecule has 3 aliphatic rings. The zero-order valence-electron chi connectivity index (χ0n) is 19.8. The molecule has 3 N–H and O–H groups in total. The number of rotatable bonds is 6. The molecule has 2 heterocycles. The number of nitrogens with one attached hydrogen (secondary N) is 2. The van der Waals surface area contributed by atoms with Gasteiger partial charge in [-0.1, -0.05) is 12.1 Å². The average Bonchev–Trinajstić information content (AvgIpc) is 3.27. The Bertz CT molecular complexity index is 1300. The van der Waals surface area contributed by atoms with Crippen LogP contribution in [0, 0.1) is 19.7 Å². The molecule has 3 saturated carbocycles. The van der Waals surface area contributed by atoms with Gasteiger partial charge >= 0.3 is 0 Å². The van der Waals surface area contributed by atoms with Crippen LogP contribution >= 0.6 is 0 Å². The molecule has 2 bridgehead atoms. The van der Waals surface area contributed by atoms with Crippen LogP contribution in [-0.2, 0) is 4.79 Å². The van der Waals surface area contributed by atoms with E-state index in [-0.39, 0.29) is 24.2 Å². The SMILES string of the molecule is Cc1ccc(OCC(=O)NC23CCC(NC(=O)c4cn5cccc(C)c5n4)(CC2)CC3O)cc1F. The van der Waals surface area contributed by atoms with Gasteiger partial charge in [0.15, 0.2) is 6.61 Å². The number of fused-ring (bicyclic) bond motifs is 4. The van der Waals surface area contributed by atoms with Crippen LogP contribution in [0.1, 0.15) is 53.7 Å². The molecule has 0 saturated heterocycles. The molecule has 2 aromatic heterocycles. The molecule has 0 aliphatic heterocycles. The van der Waals surface area contributed by atoms with E-state index in [1.165, 1.54) is 6.07 Å². The lowest BCUT2D eigenvalue weighted by Gasteiger charge is -2.56. The van der Waals surface area contributed by atoms with E-state index in [0.29, 0.717) is 43.4 Å². The lowest BCUT2D eigenvalue weighted by atomic mass is 9.60. The summed E-state index contributed by atoms with van der Waals surface area (Å²) in [4.78, 5) is 30.1. The van der Waals surface area contributed by atoms with Crippen LogP contribution in [0.15, 0.2) is 42.7 Å². The van der Waals surface area contributed by atoms with E-state index in [2.05, 4.69) is 15.6 Å². The predicted molar refractivity (Wildman–Crippen MR) is 127 cm³/mol. The van der Waals surface area contributed by atoms with E-state index in [9.17, 15) is 19.1 Å². The molecule has 6 rings (SSSR count). The highest BCUT2D eigenvalue weighted by atomic mass is 19.1. The Hall–Kier alpha value is -3.46. The van der Waals surface area contributed by atoms with Crippen molar-refractivity contribution in [1.82, 2.24) is 20.0 Å². The molecule has 1 unspecified atom stereocenters. The smallest absolute Gasteiger partial charge is 0.271 e. The summed E-state index contributed by atoms with van der Waals surface area (Å²) in [6.07, 6.45) is 5.42. The van der Waals surface area contributed by atoms with Crippen LogP contribution in [0.2, 0.25) is 0 Å². The number of aliphatic hydroxyl groups is 1. The van der Waals surface area contributed by atoms with Crippen LogP contribution in [0.25, 0.3) is 5.65 Å². The molecule has 1 atom stereocenters. The number of carbonyl (C=O) groups is 2. The fourth-order valence-corrected chi connectivity index (χ4v) is 5.36. The lowest BCUT2D eigenvalue weighted by Crippen LogP contribution is -2.70. The van der Waals surface area contributed by atoms with Crippen LogP contribution in [0.5, 0.6) is 5.75 Å². The van der Waals surface area contributed by atoms with E-state index in [0.717, 1.165) is 11.2 Å². The molecule has 3 fully saturated rings. The number of nitrogens with zero attached hydrogens (tertiary/aromatic N) is 2. The topological polar surface area (TPSA) is 105 Å². The first kappa shape index (κ1) is 23.3. The Morgan fingerprint density at radius 1 is 1.17 bits per heavy atom. The van der Waals surface area contributed by atoms with Gasteiger partial charge < -0.3 is 24.9 Å². The van der Waals surface area contributed by atoms with Gasteiger partial charge in [-0.25, -0.2) is 9.37 Å². The Labute approximate surface area is 202 Å². The number of amides is 2. The number of aryl methyl sites for hydroxylation is 2. The number of ether oxygens (including phenoxy) is 1. The van der Waals surface area contributed by atoms with E-state index < -0.39 is 23.0 Å². The van der Waals surface area contributed by atoms with Crippen molar-refractivity contribution < 1.29 is 23.8 Å². The zero-order valence-corrected chi connectivity index (χ0v) is 19.8. The summed E-state index contributed by atoms with van der Waals surface area (Å²) in [7, 11) is 0. The molecule has 8 nitrogen and oxygen atoms in total. The van der Waals surface area contributed by atoms with Crippen LogP contribution in [0.4, 0.5) is 4.39 Å². The minimum Gasteiger partial charge on any atom is -0.484 e. The molecule has 0 radical (unpaired) electrons. The van der Waals surface area contributed by atoms with E-state index in [1.807, 2.05) is 29.7 Å². The van der Waals surface area contributed by atoms with Crippen molar-refractivity contribution >= 4 is 17.5 Å². The third kappa shape index (κ3) is 4.36. The average molecular weight is 481 g/mol. The molecule has 0 spiro atoms. The van der Waals surface area contributed by atoms with Crippen LogP contribution in [0.3, 0.4) is 0 Å². The molecule has 3 aliphatic carbocycles. The normalized spacial score (nSPS) is 25.4. The molecule has 1 aromatic carbocycles. The van der Waals surface area contributed by atoms with Crippen molar-refractivity contribution in [2.45, 2.75) is 63.1 Å². The number of pyridine rings is 1. The fraction of sp³-hybridized carbons (Fsp3) is 0.423. The highest BCUT2D eigenvalue weighted by molar-refractivity contribution is 5.93. The monoisotopic (exact) mass is 480 g/mol. The minimum atomic E-state index is -0.811. The summed E-state index contributed by atoms with van der Waals surface area (Å²) in [5, 5.41) is 17.1. The Kier molecular flexibility index (Phi) is 5.75. The van der Waals surface area contributed by atoms with E-state index in [1.54, 1.807) is 25.3 Å². The first-order chi connectivity index (χ1) is 16.7. The summed E-state index contributed by atoms with van der Waals surface area (Å²) in [6.45, 7) is 3.32. The molecular weight excluding hydrogens is 451 g/mol. The highest BCUT2D eigenvalue weighted by Gasteiger charge is 2.55. The number of hydrogen-bond donors (Lipinski definition) is 3. The maximum atomic E-state index is 13.7. The number of imidazole rings is 1. The van der Waals surface area contributed by atoms with E-state index >= 15 is 0 Å². The van der Waals surface area contributed by atoms with Crippen molar-refractivity contribution in [3.05, 3.63) is 65.4 Å². The predicted octanol–water partition coefficient (Wildman–Crippen LogP) is 2.83. The van der Waals surface area contributed by atoms with Gasteiger partial charge in [0.25, 0.3) is 11.8 Å². The Morgan fingerprint density at radius 2 is 1.94 bits per heavy atom. The third-order valence-corrected chi connectivity index (χ3v) is 7.51. The van der Waals surface area contributed by atoms with Crippen molar-refractivity contribution in [3.8, 4) is 5.75 Å². The summed E-state index contributed by atoms with van der Waals surface area (Å²) in [6, 6.07) is 8.30. The lowest BCUT2D eigenvalue weighted by molar-refractivity contribution is -0.132. The zero-order chi connectivity index (χ0) is 24.8. The molecule has 35 heavy (non-hydrogen) atoms. The standard InChI is InChI=1S/C26H29FN4O4/c1-16-5-6-18(12-19(16)27)35-15-22(33)29-26-9-7-25(8-10-26,13-21(26)32)30-24(34)20-14-31-11-3-4-17(2)23(31)28-20/h3-6,11-12,14,21,32H,7-10,13,15H2,1-2H3,(H,29,33)(H,30,34). The van der Waals surface area contributed by atoms with Gasteiger partial charge in [-0.05, 0) is 69.2 Å². The Balaban J connectivity index is 1.20. The van der Waals surface area contributed by atoms with Crippen molar-refractivity contribution in [2.75, 3.05) is 6.61 Å². The number of hydrogen-bond acceptors (Lipinski definition) is 5. The second-order valence-electron chi connectivity index (χ2n) is 9.91. The molecule has 2 amide bonds. The quantitative estimate of drug-likeness (QED) is 0.503. The second kappa shape index (κ2) is 8.64. The summed E-state index contributed by atoms with van der Waals surface area (Å²) in [5.74, 6) is -0.757. The van der Waals surface area contributed by atoms with Gasteiger partial charge in [0.2, 0.25) is 0 Å². The Morgan fingerprint density at radius 3 is 2.63 bits per heavy atom. The van der Waals surface area contributed by atoms with Gasteiger partial charge in [0.1, 0.15) is 22.9 Å². The number of benzene rings is 1. The van der Waals surface area contributed by atoms with Gasteiger partial charge in [0, 0.05) is 24.0 Å². The number of carbonyl (C=O) groups excluding carboxylic acids is 2. The number of aromatic nitrogens is 2. The second-order valence-corrected chi connectivity index (χ2v) is 9.91. The van der Waals surface area contributed by atoms with Gasteiger partial charge in [-0.3, -0.25) is 9.59 Å². The molecule has 184 valence electrons. The minimum absolute atomic E-state index is 0.266. The van der Waals surface area contributed by atoms with Crippen LogP contribution < -0.4 is 15.4 Å². The first-order valence-corrected chi connectivity index (χ1v) is 11.8. The van der Waals surface area contributed by atoms with Crippen molar-refractivity contribution in [2.24, 2.45) is 0 Å². The van der Waals surface area contributed by atoms with Crippen molar-refractivity contribution in [1.29, 1.82) is 0 Å². The summed E-state index contributed by atoms with van der Waals surface area (Å²) in [5.41, 5.74) is 1.26.